The van der Waals surface area contributed by atoms with Crippen molar-refractivity contribution in [2.45, 2.75) is 57.5 Å². The van der Waals surface area contributed by atoms with E-state index in [9.17, 15) is 4.79 Å². The molecule has 1 amide bonds. The fourth-order valence-corrected chi connectivity index (χ4v) is 4.10. The molecule has 1 aromatic heterocycles. The minimum atomic E-state index is -0.465. The molecule has 0 bridgehead atoms. The van der Waals surface area contributed by atoms with Gasteiger partial charge in [-0.15, -0.1) is 0 Å². The molecular formula is C22H35N3O3. The van der Waals surface area contributed by atoms with Gasteiger partial charge in [0.2, 0.25) is 0 Å². The van der Waals surface area contributed by atoms with Crippen molar-refractivity contribution in [3.8, 4) is 0 Å². The number of piperidine rings is 1. The van der Waals surface area contributed by atoms with E-state index >= 15 is 0 Å². The Bertz CT molecular complexity index is 616. The van der Waals surface area contributed by atoms with Gasteiger partial charge in [0.15, 0.2) is 0 Å². The number of ether oxygens (including phenoxy) is 2. The van der Waals surface area contributed by atoms with Gasteiger partial charge in [-0.25, -0.2) is 4.79 Å². The Morgan fingerprint density at radius 3 is 2.50 bits per heavy atom. The van der Waals surface area contributed by atoms with Crippen molar-refractivity contribution >= 4 is 6.09 Å². The van der Waals surface area contributed by atoms with E-state index in [1.165, 1.54) is 31.5 Å². The number of amides is 1. The van der Waals surface area contributed by atoms with Gasteiger partial charge in [0.1, 0.15) is 5.60 Å². The molecule has 156 valence electrons. The van der Waals surface area contributed by atoms with E-state index in [2.05, 4.69) is 16.0 Å². The van der Waals surface area contributed by atoms with Crippen LogP contribution in [0.25, 0.3) is 0 Å². The van der Waals surface area contributed by atoms with Crippen molar-refractivity contribution in [2.75, 3.05) is 45.9 Å². The molecule has 2 aliphatic rings. The average molecular weight is 390 g/mol. The van der Waals surface area contributed by atoms with Gasteiger partial charge in [0.25, 0.3) is 0 Å². The maximum Gasteiger partial charge on any atom is 0.410 e. The standard InChI is InChI=1S/C22H35N3O3/c1-21(2,3)28-20(26)25-13-8-22(9-14-25,19-7-6-10-23-17-19)18-27-16-15-24-11-4-5-12-24/h6-7,10,17H,4-5,8-9,11-16,18H2,1-3H3. The van der Waals surface area contributed by atoms with Gasteiger partial charge >= 0.3 is 6.09 Å². The maximum atomic E-state index is 12.4. The van der Waals surface area contributed by atoms with Crippen LogP contribution in [0, 0.1) is 0 Å². The third-order valence-electron chi connectivity index (χ3n) is 5.78. The lowest BCUT2D eigenvalue weighted by atomic mass is 9.74. The van der Waals surface area contributed by atoms with Gasteiger partial charge in [-0.2, -0.15) is 0 Å². The second-order valence-electron chi connectivity index (χ2n) is 9.09. The molecule has 0 N–H and O–H groups in total. The Hall–Kier alpha value is -1.66. The summed E-state index contributed by atoms with van der Waals surface area (Å²) in [5, 5.41) is 0. The van der Waals surface area contributed by atoms with E-state index in [1.54, 1.807) is 6.20 Å². The fraction of sp³-hybridized carbons (Fsp3) is 0.727. The van der Waals surface area contributed by atoms with Gasteiger partial charge in [0.05, 0.1) is 13.2 Å². The predicted octanol–water partition coefficient (Wildman–Crippen LogP) is 3.46. The van der Waals surface area contributed by atoms with Crippen LogP contribution in [-0.4, -0.2) is 72.4 Å². The summed E-state index contributed by atoms with van der Waals surface area (Å²) in [6.07, 6.45) is 7.87. The van der Waals surface area contributed by atoms with Gasteiger partial charge in [-0.05, 0) is 71.2 Å². The normalized spacial score (nSPS) is 20.3. The van der Waals surface area contributed by atoms with Crippen LogP contribution in [-0.2, 0) is 14.9 Å². The highest BCUT2D eigenvalue weighted by Crippen LogP contribution is 2.36. The van der Waals surface area contributed by atoms with Gasteiger partial charge < -0.3 is 19.3 Å². The molecule has 6 nitrogen and oxygen atoms in total. The molecule has 28 heavy (non-hydrogen) atoms. The second kappa shape index (κ2) is 9.23. The van der Waals surface area contributed by atoms with Crippen molar-refractivity contribution in [3.63, 3.8) is 0 Å². The summed E-state index contributed by atoms with van der Waals surface area (Å²) in [6.45, 7) is 11.9. The van der Waals surface area contributed by atoms with E-state index in [-0.39, 0.29) is 11.5 Å². The molecule has 0 unspecified atom stereocenters. The Morgan fingerprint density at radius 1 is 1.18 bits per heavy atom. The number of hydrogen-bond acceptors (Lipinski definition) is 5. The SMILES string of the molecule is CC(C)(C)OC(=O)N1CCC(COCCN2CCCC2)(c2cccnc2)CC1. The summed E-state index contributed by atoms with van der Waals surface area (Å²) >= 11 is 0. The third kappa shape index (κ3) is 5.67. The molecule has 3 heterocycles. The van der Waals surface area contributed by atoms with Crippen LogP contribution in [0.3, 0.4) is 0 Å². The molecular weight excluding hydrogens is 354 g/mol. The van der Waals surface area contributed by atoms with Crippen LogP contribution in [0.5, 0.6) is 0 Å². The van der Waals surface area contributed by atoms with Crippen LogP contribution in [0.2, 0.25) is 0 Å². The van der Waals surface area contributed by atoms with Crippen LogP contribution >= 0.6 is 0 Å². The van der Waals surface area contributed by atoms with E-state index in [0.717, 1.165) is 26.0 Å². The number of hydrogen-bond donors (Lipinski definition) is 0. The van der Waals surface area contributed by atoms with E-state index in [4.69, 9.17) is 9.47 Å². The molecule has 2 saturated heterocycles. The van der Waals surface area contributed by atoms with Crippen molar-refractivity contribution < 1.29 is 14.3 Å². The lowest BCUT2D eigenvalue weighted by Crippen LogP contribution is -2.48. The van der Waals surface area contributed by atoms with Crippen LogP contribution in [0.15, 0.2) is 24.5 Å². The quantitative estimate of drug-likeness (QED) is 0.698. The van der Waals surface area contributed by atoms with Crippen molar-refractivity contribution in [1.29, 1.82) is 0 Å². The number of likely N-dealkylation sites (tertiary alicyclic amines) is 2. The van der Waals surface area contributed by atoms with E-state index < -0.39 is 5.60 Å². The fourth-order valence-electron chi connectivity index (χ4n) is 4.10. The minimum Gasteiger partial charge on any atom is -0.444 e. The first kappa shape index (κ1) is 21.1. The Balaban J connectivity index is 1.58. The topological polar surface area (TPSA) is 54.9 Å². The zero-order valence-corrected chi connectivity index (χ0v) is 17.7. The first-order chi connectivity index (χ1) is 13.4. The Morgan fingerprint density at radius 2 is 1.89 bits per heavy atom. The molecule has 0 saturated carbocycles. The van der Waals surface area contributed by atoms with Crippen molar-refractivity contribution in [1.82, 2.24) is 14.8 Å². The third-order valence-corrected chi connectivity index (χ3v) is 5.78. The lowest BCUT2D eigenvalue weighted by Gasteiger charge is -2.42. The number of carbonyl (C=O) groups is 1. The van der Waals surface area contributed by atoms with Crippen molar-refractivity contribution in [3.05, 3.63) is 30.1 Å². The maximum absolute atomic E-state index is 12.4. The summed E-state index contributed by atoms with van der Waals surface area (Å²) in [5.74, 6) is 0. The zero-order valence-electron chi connectivity index (χ0n) is 17.7. The molecule has 1 aromatic rings. The molecule has 2 aliphatic heterocycles. The van der Waals surface area contributed by atoms with Gasteiger partial charge in [-0.1, -0.05) is 6.07 Å². The molecule has 0 aromatic carbocycles. The highest BCUT2D eigenvalue weighted by Gasteiger charge is 2.39. The zero-order chi connectivity index (χ0) is 20.0. The van der Waals surface area contributed by atoms with Crippen LogP contribution in [0.4, 0.5) is 4.79 Å². The average Bonchev–Trinajstić information content (AvgIpc) is 3.18. The molecule has 2 fully saturated rings. The van der Waals surface area contributed by atoms with E-state index in [1.807, 2.05) is 37.9 Å². The summed E-state index contributed by atoms with van der Waals surface area (Å²) in [4.78, 5) is 21.1. The molecule has 0 atom stereocenters. The van der Waals surface area contributed by atoms with E-state index in [0.29, 0.717) is 19.7 Å². The number of nitrogens with zero attached hydrogens (tertiary/aromatic N) is 3. The molecule has 3 rings (SSSR count). The Labute approximate surface area is 169 Å². The number of pyridine rings is 1. The predicted molar refractivity (Wildman–Crippen MR) is 109 cm³/mol. The smallest absolute Gasteiger partial charge is 0.410 e. The summed E-state index contributed by atoms with van der Waals surface area (Å²) in [5.41, 5.74) is 0.658. The van der Waals surface area contributed by atoms with Crippen LogP contribution < -0.4 is 0 Å². The molecule has 0 aliphatic carbocycles. The second-order valence-corrected chi connectivity index (χ2v) is 9.09. The molecule has 0 spiro atoms. The highest BCUT2D eigenvalue weighted by atomic mass is 16.6. The van der Waals surface area contributed by atoms with Crippen molar-refractivity contribution in [2.24, 2.45) is 0 Å². The monoisotopic (exact) mass is 389 g/mol. The summed E-state index contributed by atoms with van der Waals surface area (Å²) < 4.78 is 11.7. The van der Waals surface area contributed by atoms with Gasteiger partial charge in [0, 0.05) is 37.4 Å². The van der Waals surface area contributed by atoms with Crippen LogP contribution in [0.1, 0.15) is 52.0 Å². The largest absolute Gasteiger partial charge is 0.444 e. The number of aromatic nitrogens is 1. The first-order valence-electron chi connectivity index (χ1n) is 10.6. The lowest BCUT2D eigenvalue weighted by molar-refractivity contribution is 0.00383. The van der Waals surface area contributed by atoms with Gasteiger partial charge in [-0.3, -0.25) is 4.98 Å². The molecule has 0 radical (unpaired) electrons. The summed E-state index contributed by atoms with van der Waals surface area (Å²) in [6, 6.07) is 4.13. The summed E-state index contributed by atoms with van der Waals surface area (Å²) in [7, 11) is 0. The minimum absolute atomic E-state index is 0.0855. The number of rotatable bonds is 6. The highest BCUT2D eigenvalue weighted by molar-refractivity contribution is 5.68. The molecule has 6 heteroatoms. The Kier molecular flexibility index (Phi) is 6.94. The first-order valence-corrected chi connectivity index (χ1v) is 10.6. The number of carbonyl (C=O) groups excluding carboxylic acids is 1.